The second-order valence-corrected chi connectivity index (χ2v) is 7.07. The maximum absolute atomic E-state index is 11.4. The van der Waals surface area contributed by atoms with E-state index in [1.54, 1.807) is 30.3 Å². The van der Waals surface area contributed by atoms with Crippen LogP contribution in [0, 0.1) is 10.1 Å². The summed E-state index contributed by atoms with van der Waals surface area (Å²) < 4.78 is 5.64. The van der Waals surface area contributed by atoms with Gasteiger partial charge in [0.05, 0.1) is 24.6 Å². The molecule has 0 amide bonds. The number of ether oxygens (including phenoxy) is 1. The lowest BCUT2D eigenvalue weighted by molar-refractivity contribution is -0.687. The second kappa shape index (κ2) is 8.92. The smallest absolute Gasteiger partial charge is 0.292 e. The van der Waals surface area contributed by atoms with Gasteiger partial charge in [-0.3, -0.25) is 10.1 Å². The summed E-state index contributed by atoms with van der Waals surface area (Å²) in [4.78, 5) is 13.3. The highest BCUT2D eigenvalue weighted by Crippen LogP contribution is 2.29. The Bertz CT molecular complexity index is 785. The molecule has 1 aliphatic rings. The first-order chi connectivity index (χ1) is 13.0. The van der Waals surface area contributed by atoms with Gasteiger partial charge in [0.25, 0.3) is 5.69 Å². The number of quaternary nitrogens is 1. The van der Waals surface area contributed by atoms with Gasteiger partial charge >= 0.3 is 0 Å². The highest BCUT2D eigenvalue weighted by atomic mass is 35.5. The standard InChI is InChI=1S/C19H23ClN4O3/c1-14-13-23(10-8-21-14)16-4-7-19(24(25)26)18(12-16)22-9-11-27-17-5-2-15(20)3-6-17/h2-7,12,14,21-22H,8-11,13H2,1H3/p+1/t14-/m0/s1. The summed E-state index contributed by atoms with van der Waals surface area (Å²) in [6, 6.07) is 12.9. The van der Waals surface area contributed by atoms with E-state index in [2.05, 4.69) is 22.5 Å². The number of piperazine rings is 1. The van der Waals surface area contributed by atoms with E-state index < -0.39 is 0 Å². The van der Waals surface area contributed by atoms with E-state index in [-0.39, 0.29) is 10.6 Å². The van der Waals surface area contributed by atoms with Crippen LogP contribution in [0.1, 0.15) is 6.92 Å². The lowest BCUT2D eigenvalue weighted by Crippen LogP contribution is -2.94. The van der Waals surface area contributed by atoms with Crippen LogP contribution in [0.5, 0.6) is 5.75 Å². The number of rotatable bonds is 7. The zero-order chi connectivity index (χ0) is 19.2. The number of benzene rings is 2. The third-order valence-corrected chi connectivity index (χ3v) is 4.77. The normalized spacial score (nSPS) is 16.8. The monoisotopic (exact) mass is 391 g/mol. The zero-order valence-corrected chi connectivity index (χ0v) is 16.0. The first-order valence-corrected chi connectivity index (χ1v) is 9.39. The molecule has 0 saturated carbocycles. The van der Waals surface area contributed by atoms with E-state index in [9.17, 15) is 10.1 Å². The van der Waals surface area contributed by atoms with Gasteiger partial charge in [-0.15, -0.1) is 0 Å². The molecule has 3 N–H and O–H groups in total. The molecule has 1 saturated heterocycles. The van der Waals surface area contributed by atoms with Crippen molar-refractivity contribution in [1.29, 1.82) is 0 Å². The summed E-state index contributed by atoms with van der Waals surface area (Å²) in [6.07, 6.45) is 0. The third kappa shape index (κ3) is 5.24. The Labute approximate surface area is 163 Å². The van der Waals surface area contributed by atoms with Crippen LogP contribution in [-0.2, 0) is 0 Å². The summed E-state index contributed by atoms with van der Waals surface area (Å²) in [6.45, 7) is 5.91. The Hall–Kier alpha value is -2.51. The quantitative estimate of drug-likeness (QED) is 0.430. The van der Waals surface area contributed by atoms with E-state index in [0.717, 1.165) is 25.3 Å². The fraction of sp³-hybridized carbons (Fsp3) is 0.368. The van der Waals surface area contributed by atoms with Gasteiger partial charge in [0.2, 0.25) is 0 Å². The number of hydrogen-bond acceptors (Lipinski definition) is 5. The van der Waals surface area contributed by atoms with Crippen LogP contribution in [-0.4, -0.2) is 43.8 Å². The average molecular weight is 392 g/mol. The molecule has 0 aliphatic carbocycles. The zero-order valence-electron chi connectivity index (χ0n) is 15.2. The molecule has 2 aromatic rings. The van der Waals surface area contributed by atoms with Gasteiger partial charge in [-0.2, -0.15) is 0 Å². The maximum atomic E-state index is 11.4. The summed E-state index contributed by atoms with van der Waals surface area (Å²) in [5.41, 5.74) is 1.59. The van der Waals surface area contributed by atoms with E-state index in [1.807, 2.05) is 12.1 Å². The van der Waals surface area contributed by atoms with Crippen molar-refractivity contribution in [2.45, 2.75) is 13.0 Å². The molecular weight excluding hydrogens is 368 g/mol. The number of nitro benzene ring substituents is 1. The van der Waals surface area contributed by atoms with Crippen molar-refractivity contribution >= 4 is 28.7 Å². The summed E-state index contributed by atoms with van der Waals surface area (Å²) in [7, 11) is 0. The fourth-order valence-corrected chi connectivity index (χ4v) is 3.30. The molecule has 1 heterocycles. The molecule has 1 atom stereocenters. The average Bonchev–Trinajstić information content (AvgIpc) is 2.66. The van der Waals surface area contributed by atoms with Crippen molar-refractivity contribution in [3.63, 3.8) is 0 Å². The summed E-state index contributed by atoms with van der Waals surface area (Å²) in [5.74, 6) is 0.711. The van der Waals surface area contributed by atoms with Crippen molar-refractivity contribution in [2.75, 3.05) is 43.0 Å². The molecule has 8 heteroatoms. The van der Waals surface area contributed by atoms with E-state index >= 15 is 0 Å². The van der Waals surface area contributed by atoms with Crippen molar-refractivity contribution in [1.82, 2.24) is 0 Å². The van der Waals surface area contributed by atoms with Crippen LogP contribution >= 0.6 is 11.6 Å². The van der Waals surface area contributed by atoms with Crippen LogP contribution in [0.3, 0.4) is 0 Å². The molecule has 0 unspecified atom stereocenters. The van der Waals surface area contributed by atoms with Crippen molar-refractivity contribution in [3.05, 3.63) is 57.6 Å². The number of halogens is 1. The molecule has 144 valence electrons. The van der Waals surface area contributed by atoms with Gasteiger partial charge in [-0.05, 0) is 43.3 Å². The van der Waals surface area contributed by atoms with Crippen LogP contribution < -0.4 is 20.3 Å². The Morgan fingerprint density at radius 3 is 2.81 bits per heavy atom. The molecule has 3 rings (SSSR count). The first-order valence-electron chi connectivity index (χ1n) is 9.02. The molecule has 0 aromatic heterocycles. The molecule has 27 heavy (non-hydrogen) atoms. The second-order valence-electron chi connectivity index (χ2n) is 6.64. The van der Waals surface area contributed by atoms with E-state index in [0.29, 0.717) is 35.7 Å². The predicted molar refractivity (Wildman–Crippen MR) is 107 cm³/mol. The lowest BCUT2D eigenvalue weighted by Gasteiger charge is -2.31. The van der Waals surface area contributed by atoms with Gasteiger partial charge in [-0.1, -0.05) is 11.6 Å². The summed E-state index contributed by atoms with van der Waals surface area (Å²) in [5, 5.41) is 17.5. The van der Waals surface area contributed by atoms with Crippen LogP contribution in [0.25, 0.3) is 0 Å². The molecule has 0 spiro atoms. The third-order valence-electron chi connectivity index (χ3n) is 4.52. The van der Waals surface area contributed by atoms with Gasteiger partial charge < -0.3 is 20.3 Å². The molecular formula is C19H24ClN4O3+. The lowest BCUT2D eigenvalue weighted by atomic mass is 10.1. The number of nitro groups is 1. The number of nitrogens with two attached hydrogens (primary N) is 1. The van der Waals surface area contributed by atoms with Crippen LogP contribution in [0.15, 0.2) is 42.5 Å². The molecule has 1 aliphatic heterocycles. The van der Waals surface area contributed by atoms with Crippen molar-refractivity contribution in [2.24, 2.45) is 0 Å². The first kappa shape index (κ1) is 19.3. The van der Waals surface area contributed by atoms with Gasteiger partial charge in [0, 0.05) is 23.3 Å². The Morgan fingerprint density at radius 2 is 2.11 bits per heavy atom. The largest absolute Gasteiger partial charge is 0.492 e. The Kier molecular flexibility index (Phi) is 6.36. The van der Waals surface area contributed by atoms with E-state index in [4.69, 9.17) is 16.3 Å². The molecule has 2 aromatic carbocycles. The van der Waals surface area contributed by atoms with Gasteiger partial charge in [0.15, 0.2) is 0 Å². The molecule has 0 bridgehead atoms. The van der Waals surface area contributed by atoms with Crippen molar-refractivity contribution < 1.29 is 15.0 Å². The van der Waals surface area contributed by atoms with Crippen LogP contribution in [0.4, 0.5) is 17.1 Å². The topological polar surface area (TPSA) is 84.2 Å². The minimum Gasteiger partial charge on any atom is -0.492 e. The van der Waals surface area contributed by atoms with E-state index in [1.165, 1.54) is 0 Å². The fourth-order valence-electron chi connectivity index (χ4n) is 3.17. The number of hydrogen-bond donors (Lipinski definition) is 2. The minimum atomic E-state index is -0.362. The molecule has 0 radical (unpaired) electrons. The van der Waals surface area contributed by atoms with Gasteiger partial charge in [-0.25, -0.2) is 0 Å². The predicted octanol–water partition coefficient (Wildman–Crippen LogP) is 2.51. The summed E-state index contributed by atoms with van der Waals surface area (Å²) >= 11 is 5.85. The maximum Gasteiger partial charge on any atom is 0.292 e. The van der Waals surface area contributed by atoms with Crippen molar-refractivity contribution in [3.8, 4) is 5.75 Å². The number of nitrogens with zero attached hydrogens (tertiary/aromatic N) is 2. The SMILES string of the molecule is C[C@H]1CN(c2ccc([N+](=O)[O-])c(NCCOc3ccc(Cl)cc3)c2)CC[NH2+]1. The van der Waals surface area contributed by atoms with Gasteiger partial charge in [0.1, 0.15) is 24.1 Å². The Balaban J connectivity index is 1.64. The Morgan fingerprint density at radius 1 is 1.33 bits per heavy atom. The highest BCUT2D eigenvalue weighted by molar-refractivity contribution is 6.30. The van der Waals surface area contributed by atoms with Crippen LogP contribution in [0.2, 0.25) is 5.02 Å². The molecule has 7 nitrogen and oxygen atoms in total. The molecule has 1 fully saturated rings. The highest BCUT2D eigenvalue weighted by Gasteiger charge is 2.21. The number of nitrogens with one attached hydrogen (secondary N) is 1. The minimum absolute atomic E-state index is 0.0712. The number of anilines is 2.